The summed E-state index contributed by atoms with van der Waals surface area (Å²) in [6.45, 7) is -0.195. The van der Waals surface area contributed by atoms with Crippen LogP contribution in [-0.4, -0.2) is 31.3 Å². The molecule has 1 heterocycles. The number of carbonyl (C=O) groups is 3. The number of Topliss-reactive ketones (excluding diaryl/α,β-unsaturated/α-hetero) is 1. The molecule has 6 heteroatoms. The molecule has 6 nitrogen and oxygen atoms in total. The van der Waals surface area contributed by atoms with Crippen LogP contribution < -0.4 is 14.4 Å². The van der Waals surface area contributed by atoms with Crippen molar-refractivity contribution < 1.29 is 23.9 Å². The minimum Gasteiger partial charge on any atom is -0.497 e. The van der Waals surface area contributed by atoms with Crippen molar-refractivity contribution in [1.29, 1.82) is 0 Å². The van der Waals surface area contributed by atoms with Crippen molar-refractivity contribution in [2.75, 3.05) is 18.6 Å². The molecule has 5 rings (SSSR count). The summed E-state index contributed by atoms with van der Waals surface area (Å²) in [6.07, 6.45) is 5.02. The summed E-state index contributed by atoms with van der Waals surface area (Å²) in [5, 5.41) is 0. The van der Waals surface area contributed by atoms with E-state index in [-0.39, 0.29) is 47.9 Å². The molecule has 2 aromatic rings. The number of anilines is 1. The van der Waals surface area contributed by atoms with Gasteiger partial charge in [0.25, 0.3) is 0 Å². The number of ketones is 1. The average Bonchev–Trinajstić information content (AvgIpc) is 3.46. The SMILES string of the molecule is COc1ccc(C(=O)COc2ccccc2N2C(=O)[C@@H]3[C@@H](C2=O)[C@H]2C=C[C@H]3C2)cc1. The number of imide groups is 1. The number of allylic oxidation sites excluding steroid dienone is 2. The van der Waals surface area contributed by atoms with Crippen molar-refractivity contribution in [2.45, 2.75) is 6.42 Å². The molecule has 2 bridgehead atoms. The third-order valence-corrected chi connectivity index (χ3v) is 6.35. The van der Waals surface area contributed by atoms with Crippen molar-refractivity contribution in [1.82, 2.24) is 0 Å². The number of benzene rings is 2. The summed E-state index contributed by atoms with van der Waals surface area (Å²) in [5.74, 6) is 0.212. The third kappa shape index (κ3) is 2.83. The van der Waals surface area contributed by atoms with Crippen LogP contribution in [0, 0.1) is 23.7 Å². The average molecular weight is 403 g/mol. The highest BCUT2D eigenvalue weighted by Crippen LogP contribution is 2.53. The number of ether oxygens (including phenoxy) is 2. The standard InChI is InChI=1S/C24H21NO5/c1-29-17-10-8-14(9-11-17)19(26)13-30-20-5-3-2-4-18(20)25-23(27)21-15-6-7-16(12-15)22(21)24(25)28/h2-11,15-16,21-22H,12-13H2,1H3/t15-,16-,21-,22-/m0/s1. The molecule has 0 aromatic heterocycles. The highest BCUT2D eigenvalue weighted by molar-refractivity contribution is 6.23. The number of amides is 2. The Morgan fingerprint density at radius 3 is 2.23 bits per heavy atom. The quantitative estimate of drug-likeness (QED) is 0.421. The first kappa shape index (κ1) is 18.6. The van der Waals surface area contributed by atoms with Gasteiger partial charge in [-0.05, 0) is 54.7 Å². The number of hydrogen-bond acceptors (Lipinski definition) is 5. The zero-order chi connectivity index (χ0) is 20.8. The Hall–Kier alpha value is -3.41. The number of methoxy groups -OCH3 is 1. The molecule has 0 unspecified atom stereocenters. The fourth-order valence-electron chi connectivity index (χ4n) is 4.91. The maximum absolute atomic E-state index is 13.1. The van der Waals surface area contributed by atoms with Crippen molar-refractivity contribution in [3.63, 3.8) is 0 Å². The summed E-state index contributed by atoms with van der Waals surface area (Å²) in [7, 11) is 1.56. The Balaban J connectivity index is 1.35. The van der Waals surface area contributed by atoms with E-state index in [2.05, 4.69) is 12.2 Å². The van der Waals surface area contributed by atoms with Crippen molar-refractivity contribution in [2.24, 2.45) is 23.7 Å². The lowest BCUT2D eigenvalue weighted by atomic mass is 9.85. The molecule has 0 spiro atoms. The second kappa shape index (κ2) is 7.13. The number of rotatable bonds is 6. The summed E-state index contributed by atoms with van der Waals surface area (Å²) < 4.78 is 10.9. The third-order valence-electron chi connectivity index (χ3n) is 6.35. The summed E-state index contributed by atoms with van der Waals surface area (Å²) in [6, 6.07) is 13.7. The van der Waals surface area contributed by atoms with Crippen LogP contribution in [0.3, 0.4) is 0 Å². The Morgan fingerprint density at radius 2 is 1.60 bits per heavy atom. The predicted octanol–water partition coefficient (Wildman–Crippen LogP) is 3.27. The van der Waals surface area contributed by atoms with E-state index in [1.165, 1.54) is 4.90 Å². The van der Waals surface area contributed by atoms with Gasteiger partial charge in [0.1, 0.15) is 11.5 Å². The van der Waals surface area contributed by atoms with Gasteiger partial charge in [0, 0.05) is 5.56 Å². The van der Waals surface area contributed by atoms with Gasteiger partial charge >= 0.3 is 0 Å². The topological polar surface area (TPSA) is 72.9 Å². The summed E-state index contributed by atoms with van der Waals surface area (Å²) in [4.78, 5) is 40.0. The molecule has 1 aliphatic heterocycles. The summed E-state index contributed by atoms with van der Waals surface area (Å²) in [5.41, 5.74) is 0.905. The van der Waals surface area contributed by atoms with Crippen molar-refractivity contribution >= 4 is 23.3 Å². The van der Waals surface area contributed by atoms with Crippen LogP contribution >= 0.6 is 0 Å². The first-order valence-corrected chi connectivity index (χ1v) is 10.0. The van der Waals surface area contributed by atoms with E-state index in [1.807, 2.05) is 0 Å². The van der Waals surface area contributed by atoms with Gasteiger partial charge in [-0.15, -0.1) is 0 Å². The normalized spacial score (nSPS) is 26.2. The molecule has 2 aromatic carbocycles. The summed E-state index contributed by atoms with van der Waals surface area (Å²) >= 11 is 0. The smallest absolute Gasteiger partial charge is 0.238 e. The lowest BCUT2D eigenvalue weighted by Crippen LogP contribution is -2.33. The first-order valence-electron chi connectivity index (χ1n) is 10.0. The predicted molar refractivity (Wildman–Crippen MR) is 109 cm³/mol. The fraction of sp³-hybridized carbons (Fsp3) is 0.292. The van der Waals surface area contributed by atoms with E-state index in [9.17, 15) is 14.4 Å². The van der Waals surface area contributed by atoms with Crippen LogP contribution in [0.2, 0.25) is 0 Å². The van der Waals surface area contributed by atoms with Crippen molar-refractivity contribution in [3.05, 3.63) is 66.2 Å². The van der Waals surface area contributed by atoms with Crippen LogP contribution in [0.15, 0.2) is 60.7 Å². The Morgan fingerprint density at radius 1 is 0.967 bits per heavy atom. The molecule has 2 fully saturated rings. The van der Waals surface area contributed by atoms with E-state index < -0.39 is 0 Å². The molecule has 1 saturated heterocycles. The number of carbonyl (C=O) groups excluding carboxylic acids is 3. The van der Waals surface area contributed by atoms with E-state index >= 15 is 0 Å². The Bertz CT molecular complexity index is 1030. The molecule has 30 heavy (non-hydrogen) atoms. The minimum atomic E-state index is -0.276. The Kier molecular flexibility index (Phi) is 4.42. The van der Waals surface area contributed by atoms with Gasteiger partial charge in [0.2, 0.25) is 11.8 Å². The number of fused-ring (bicyclic) bond motifs is 5. The van der Waals surface area contributed by atoms with Gasteiger partial charge in [-0.3, -0.25) is 14.4 Å². The van der Waals surface area contributed by atoms with E-state index in [1.54, 1.807) is 55.6 Å². The van der Waals surface area contributed by atoms with Crippen LogP contribution in [0.1, 0.15) is 16.8 Å². The van der Waals surface area contributed by atoms with E-state index in [4.69, 9.17) is 9.47 Å². The molecule has 2 amide bonds. The highest BCUT2D eigenvalue weighted by atomic mass is 16.5. The number of nitrogens with zero attached hydrogens (tertiary/aromatic N) is 1. The molecule has 1 saturated carbocycles. The second-order valence-electron chi connectivity index (χ2n) is 7.92. The maximum atomic E-state index is 13.1. The maximum Gasteiger partial charge on any atom is 0.238 e. The number of para-hydroxylation sites is 2. The van der Waals surface area contributed by atoms with Crippen LogP contribution in [0.5, 0.6) is 11.5 Å². The monoisotopic (exact) mass is 403 g/mol. The zero-order valence-corrected chi connectivity index (χ0v) is 16.5. The van der Waals surface area contributed by atoms with Gasteiger partial charge in [-0.2, -0.15) is 0 Å². The fourth-order valence-corrected chi connectivity index (χ4v) is 4.91. The van der Waals surface area contributed by atoms with Crippen LogP contribution in [-0.2, 0) is 9.59 Å². The van der Waals surface area contributed by atoms with E-state index in [0.29, 0.717) is 22.7 Å². The minimum absolute atomic E-state index is 0.145. The molecule has 3 aliphatic rings. The zero-order valence-electron chi connectivity index (χ0n) is 16.5. The molecular formula is C24H21NO5. The number of hydrogen-bond donors (Lipinski definition) is 0. The van der Waals surface area contributed by atoms with E-state index in [0.717, 1.165) is 6.42 Å². The lowest BCUT2D eigenvalue weighted by Gasteiger charge is -2.20. The largest absolute Gasteiger partial charge is 0.497 e. The van der Waals surface area contributed by atoms with Crippen LogP contribution in [0.25, 0.3) is 0 Å². The molecule has 152 valence electrons. The van der Waals surface area contributed by atoms with Gasteiger partial charge in [0.05, 0.1) is 24.6 Å². The molecular weight excluding hydrogens is 382 g/mol. The highest BCUT2D eigenvalue weighted by Gasteiger charge is 2.59. The first-order chi connectivity index (χ1) is 14.6. The molecule has 4 atom stereocenters. The lowest BCUT2D eigenvalue weighted by molar-refractivity contribution is -0.123. The Labute approximate surface area is 174 Å². The van der Waals surface area contributed by atoms with Gasteiger partial charge in [-0.1, -0.05) is 24.3 Å². The second-order valence-corrected chi connectivity index (χ2v) is 7.92. The molecule has 2 aliphatic carbocycles. The van der Waals surface area contributed by atoms with Gasteiger partial charge in [0.15, 0.2) is 12.4 Å². The van der Waals surface area contributed by atoms with Gasteiger partial charge < -0.3 is 9.47 Å². The van der Waals surface area contributed by atoms with Gasteiger partial charge in [-0.25, -0.2) is 4.90 Å². The molecule has 0 radical (unpaired) electrons. The van der Waals surface area contributed by atoms with Crippen molar-refractivity contribution in [3.8, 4) is 11.5 Å². The molecule has 0 N–H and O–H groups in total. The van der Waals surface area contributed by atoms with Crippen LogP contribution in [0.4, 0.5) is 5.69 Å².